The maximum Gasteiger partial charge on any atom is 0.311 e. The Morgan fingerprint density at radius 2 is 1.50 bits per heavy atom. The molecule has 2 aromatic rings. The van der Waals surface area contributed by atoms with Gasteiger partial charge in [0.15, 0.2) is 11.6 Å². The number of aryl methyl sites for hydroxylation is 1. The Balaban J connectivity index is 1.70. The molecule has 0 aliphatic carbocycles. The van der Waals surface area contributed by atoms with Crippen LogP contribution in [0.2, 0.25) is 0 Å². The van der Waals surface area contributed by atoms with Crippen molar-refractivity contribution in [2.45, 2.75) is 77.6 Å². The highest BCUT2D eigenvalue weighted by molar-refractivity contribution is 5.63. The van der Waals surface area contributed by atoms with Crippen molar-refractivity contribution >= 4 is 5.69 Å². The average molecular weight is 386 g/mol. The zero-order chi connectivity index (χ0) is 20.2. The first-order valence-electron chi connectivity index (χ1n) is 10.4. The van der Waals surface area contributed by atoms with Crippen molar-refractivity contribution in [3.8, 4) is 17.1 Å². The van der Waals surface area contributed by atoms with Gasteiger partial charge in [-0.25, -0.2) is 9.97 Å². The van der Waals surface area contributed by atoms with Gasteiger partial charge in [0, 0.05) is 24.0 Å². The van der Waals surface area contributed by atoms with Crippen molar-refractivity contribution in [3.05, 3.63) is 46.3 Å². The minimum absolute atomic E-state index is 0.337. The van der Waals surface area contributed by atoms with Gasteiger partial charge in [-0.2, -0.15) is 0 Å². The van der Waals surface area contributed by atoms with Crippen LogP contribution < -0.4 is 0 Å². The van der Waals surface area contributed by atoms with Gasteiger partial charge in [0.25, 0.3) is 0 Å². The molecule has 1 aromatic heterocycles. The third kappa shape index (κ3) is 7.25. The Labute approximate surface area is 167 Å². The molecule has 2 rings (SSSR count). The second-order valence-corrected chi connectivity index (χ2v) is 7.31. The number of benzene rings is 1. The molecule has 152 valence electrons. The predicted molar refractivity (Wildman–Crippen MR) is 111 cm³/mol. The highest BCUT2D eigenvalue weighted by Gasteiger charge is 2.15. The molecule has 0 saturated carbocycles. The molecule has 0 spiro atoms. The van der Waals surface area contributed by atoms with Gasteiger partial charge in [-0.05, 0) is 30.5 Å². The molecule has 0 aliphatic heterocycles. The summed E-state index contributed by atoms with van der Waals surface area (Å²) in [6.07, 6.45) is 17.6. The van der Waals surface area contributed by atoms with E-state index < -0.39 is 4.92 Å². The summed E-state index contributed by atoms with van der Waals surface area (Å²) in [7, 11) is 0. The van der Waals surface area contributed by atoms with Crippen molar-refractivity contribution in [2.24, 2.45) is 0 Å². The Hall–Kier alpha value is -2.50. The maximum absolute atomic E-state index is 10.9. The van der Waals surface area contributed by atoms with Crippen molar-refractivity contribution in [1.29, 1.82) is 0 Å². The molecule has 28 heavy (non-hydrogen) atoms. The molecule has 0 bridgehead atoms. The zero-order valence-electron chi connectivity index (χ0n) is 16.8. The van der Waals surface area contributed by atoms with Gasteiger partial charge >= 0.3 is 5.69 Å². The second kappa shape index (κ2) is 12.1. The first-order valence-corrected chi connectivity index (χ1v) is 10.4. The summed E-state index contributed by atoms with van der Waals surface area (Å²) in [5.41, 5.74) is 1.27. The van der Waals surface area contributed by atoms with E-state index in [0.29, 0.717) is 11.4 Å². The monoisotopic (exact) mass is 385 g/mol. The molecule has 0 saturated heterocycles. The van der Waals surface area contributed by atoms with Gasteiger partial charge in [0.2, 0.25) is 0 Å². The minimum atomic E-state index is -0.613. The second-order valence-electron chi connectivity index (χ2n) is 7.31. The maximum atomic E-state index is 10.9. The van der Waals surface area contributed by atoms with Crippen LogP contribution >= 0.6 is 0 Å². The van der Waals surface area contributed by atoms with Gasteiger partial charge in [0.1, 0.15) is 0 Å². The van der Waals surface area contributed by atoms with E-state index in [2.05, 4.69) is 16.9 Å². The number of hydrogen-bond donors (Lipinski definition) is 1. The molecular weight excluding hydrogens is 354 g/mol. The van der Waals surface area contributed by atoms with Crippen LogP contribution in [-0.4, -0.2) is 20.0 Å². The number of nitro groups is 1. The standard InChI is InChI=1S/C22H31N3O3/c1-2-3-4-5-6-7-8-9-10-11-12-18-16-23-22(24-17-18)19-13-14-21(26)20(15-19)25(27)28/h13-17,26H,2-12H2,1H3. The van der Waals surface area contributed by atoms with Crippen LogP contribution in [0.25, 0.3) is 11.4 Å². The van der Waals surface area contributed by atoms with Gasteiger partial charge < -0.3 is 5.11 Å². The molecule has 0 fully saturated rings. The average Bonchev–Trinajstić information content (AvgIpc) is 2.70. The van der Waals surface area contributed by atoms with Crippen molar-refractivity contribution in [1.82, 2.24) is 9.97 Å². The van der Waals surface area contributed by atoms with Crippen molar-refractivity contribution < 1.29 is 10.0 Å². The van der Waals surface area contributed by atoms with Gasteiger partial charge in [-0.15, -0.1) is 0 Å². The van der Waals surface area contributed by atoms with E-state index in [1.54, 1.807) is 18.5 Å². The van der Waals surface area contributed by atoms with Crippen LogP contribution in [0.1, 0.15) is 76.7 Å². The first-order chi connectivity index (χ1) is 13.6. The molecule has 0 amide bonds. The fourth-order valence-corrected chi connectivity index (χ4v) is 3.26. The predicted octanol–water partition coefficient (Wildman–Crippen LogP) is 6.22. The van der Waals surface area contributed by atoms with E-state index in [-0.39, 0.29) is 11.4 Å². The number of nitrogens with zero attached hydrogens (tertiary/aromatic N) is 3. The van der Waals surface area contributed by atoms with E-state index in [1.165, 1.54) is 69.9 Å². The quantitative estimate of drug-likeness (QED) is 0.251. The van der Waals surface area contributed by atoms with E-state index in [0.717, 1.165) is 18.4 Å². The number of unbranched alkanes of at least 4 members (excludes halogenated alkanes) is 9. The van der Waals surface area contributed by atoms with Crippen LogP contribution in [0.5, 0.6) is 5.75 Å². The summed E-state index contributed by atoms with van der Waals surface area (Å²) < 4.78 is 0. The molecule has 6 heteroatoms. The Morgan fingerprint density at radius 1 is 0.929 bits per heavy atom. The fourth-order valence-electron chi connectivity index (χ4n) is 3.26. The fraction of sp³-hybridized carbons (Fsp3) is 0.545. The molecule has 0 aliphatic rings. The van der Waals surface area contributed by atoms with Crippen LogP contribution in [0.4, 0.5) is 5.69 Å². The molecular formula is C22H31N3O3. The van der Waals surface area contributed by atoms with Crippen molar-refractivity contribution in [2.75, 3.05) is 0 Å². The number of hydrogen-bond acceptors (Lipinski definition) is 5. The first kappa shape index (κ1) is 21.8. The molecule has 0 radical (unpaired) electrons. The molecule has 0 atom stereocenters. The third-order valence-corrected chi connectivity index (χ3v) is 4.95. The number of aromatic nitrogens is 2. The Bertz CT molecular complexity index is 732. The largest absolute Gasteiger partial charge is 0.502 e. The zero-order valence-corrected chi connectivity index (χ0v) is 16.8. The molecule has 1 aromatic carbocycles. The van der Waals surface area contributed by atoms with Crippen LogP contribution in [0.15, 0.2) is 30.6 Å². The number of nitro benzene ring substituents is 1. The smallest absolute Gasteiger partial charge is 0.311 e. The van der Waals surface area contributed by atoms with Gasteiger partial charge in [-0.3, -0.25) is 10.1 Å². The van der Waals surface area contributed by atoms with E-state index in [1.807, 2.05) is 0 Å². The summed E-state index contributed by atoms with van der Waals surface area (Å²) >= 11 is 0. The number of phenolic OH excluding ortho intramolecular Hbond substituents is 1. The highest BCUT2D eigenvalue weighted by atomic mass is 16.6. The topological polar surface area (TPSA) is 89.2 Å². The van der Waals surface area contributed by atoms with Crippen LogP contribution in [0.3, 0.4) is 0 Å². The van der Waals surface area contributed by atoms with Gasteiger partial charge in [-0.1, -0.05) is 64.7 Å². The third-order valence-electron chi connectivity index (χ3n) is 4.95. The van der Waals surface area contributed by atoms with E-state index in [4.69, 9.17) is 0 Å². The summed E-state index contributed by atoms with van der Waals surface area (Å²) in [4.78, 5) is 19.0. The molecule has 0 unspecified atom stereocenters. The van der Waals surface area contributed by atoms with Crippen molar-refractivity contribution in [3.63, 3.8) is 0 Å². The summed E-state index contributed by atoms with van der Waals surface area (Å²) in [6, 6.07) is 4.18. The number of aromatic hydroxyl groups is 1. The summed E-state index contributed by atoms with van der Waals surface area (Å²) in [6.45, 7) is 2.25. The lowest BCUT2D eigenvalue weighted by Crippen LogP contribution is -1.95. The molecule has 1 N–H and O–H groups in total. The molecule has 1 heterocycles. The normalized spacial score (nSPS) is 10.9. The highest BCUT2D eigenvalue weighted by Crippen LogP contribution is 2.29. The lowest BCUT2D eigenvalue weighted by molar-refractivity contribution is -0.385. The molecule has 6 nitrogen and oxygen atoms in total. The Morgan fingerprint density at radius 3 is 2.07 bits per heavy atom. The van der Waals surface area contributed by atoms with Crippen LogP contribution in [0, 0.1) is 10.1 Å². The lowest BCUT2D eigenvalue weighted by Gasteiger charge is -2.05. The minimum Gasteiger partial charge on any atom is -0.502 e. The van der Waals surface area contributed by atoms with E-state index >= 15 is 0 Å². The van der Waals surface area contributed by atoms with Gasteiger partial charge in [0.05, 0.1) is 4.92 Å². The number of phenols is 1. The van der Waals surface area contributed by atoms with E-state index in [9.17, 15) is 15.2 Å². The van der Waals surface area contributed by atoms with Crippen LogP contribution in [-0.2, 0) is 6.42 Å². The number of rotatable bonds is 13. The lowest BCUT2D eigenvalue weighted by atomic mass is 10.0. The summed E-state index contributed by atoms with van der Waals surface area (Å²) in [5.74, 6) is 0.0706. The SMILES string of the molecule is CCCCCCCCCCCCc1cnc(-c2ccc(O)c([N+](=O)[O-])c2)nc1. The summed E-state index contributed by atoms with van der Waals surface area (Å²) in [5, 5.41) is 20.5. The Kier molecular flexibility index (Phi) is 9.39.